The summed E-state index contributed by atoms with van der Waals surface area (Å²) in [7, 11) is 1.51. The molecule has 0 aliphatic rings. The molecule has 0 bridgehead atoms. The lowest BCUT2D eigenvalue weighted by Gasteiger charge is -2.07. The van der Waals surface area contributed by atoms with E-state index in [0.717, 1.165) is 0 Å². The second-order valence-corrected chi connectivity index (χ2v) is 5.00. The number of hydrogen-bond acceptors (Lipinski definition) is 3. The van der Waals surface area contributed by atoms with Crippen LogP contribution in [0.15, 0.2) is 48.5 Å². The summed E-state index contributed by atoms with van der Waals surface area (Å²) in [5.74, 6) is -1.02. The molecule has 0 aromatic heterocycles. The molecule has 0 heterocycles. The molecule has 0 radical (unpaired) electrons. The summed E-state index contributed by atoms with van der Waals surface area (Å²) in [6, 6.07) is 11.2. The van der Waals surface area contributed by atoms with E-state index in [1.807, 2.05) is 0 Å². The van der Waals surface area contributed by atoms with E-state index in [0.29, 0.717) is 16.3 Å². The van der Waals surface area contributed by atoms with Crippen LogP contribution in [-0.2, 0) is 4.79 Å². The highest BCUT2D eigenvalue weighted by atomic mass is 35.5. The molecule has 2 rings (SSSR count). The Kier molecular flexibility index (Phi) is 5.38. The monoisotopic (exact) mass is 331 g/mol. The van der Waals surface area contributed by atoms with E-state index in [1.165, 1.54) is 25.3 Å². The van der Waals surface area contributed by atoms with Gasteiger partial charge in [0.1, 0.15) is 5.75 Å². The maximum Gasteiger partial charge on any atom is 0.337 e. The highest BCUT2D eigenvalue weighted by Gasteiger charge is 2.10. The smallest absolute Gasteiger partial charge is 0.337 e. The van der Waals surface area contributed by atoms with E-state index in [1.54, 1.807) is 36.4 Å². The number of benzene rings is 2. The molecule has 0 aliphatic carbocycles. The van der Waals surface area contributed by atoms with Crippen LogP contribution in [0.4, 0.5) is 5.69 Å². The number of para-hydroxylation sites is 1. The van der Waals surface area contributed by atoms with Crippen molar-refractivity contribution in [3.05, 3.63) is 64.7 Å². The fourth-order valence-corrected chi connectivity index (χ4v) is 2.10. The molecule has 0 spiro atoms. The number of carboxylic acid groups (broad SMARTS) is 1. The van der Waals surface area contributed by atoms with Gasteiger partial charge in [-0.3, -0.25) is 4.79 Å². The number of halogens is 1. The maximum atomic E-state index is 12.0. The van der Waals surface area contributed by atoms with Crippen molar-refractivity contribution < 1.29 is 19.4 Å². The number of carbonyl (C=O) groups is 2. The third-order valence-electron chi connectivity index (χ3n) is 3.03. The summed E-state index contributed by atoms with van der Waals surface area (Å²) in [6.07, 6.45) is 2.86. The van der Waals surface area contributed by atoms with Gasteiger partial charge in [-0.2, -0.15) is 0 Å². The van der Waals surface area contributed by atoms with Crippen molar-refractivity contribution in [1.82, 2.24) is 0 Å². The molecule has 0 aliphatic heterocycles. The molecule has 0 atom stereocenters. The zero-order chi connectivity index (χ0) is 16.8. The molecular weight excluding hydrogens is 318 g/mol. The Morgan fingerprint density at radius 2 is 1.96 bits per heavy atom. The van der Waals surface area contributed by atoms with Gasteiger partial charge < -0.3 is 15.2 Å². The minimum Gasteiger partial charge on any atom is -0.496 e. The standard InChI is InChI=1S/C17H14ClNO4/c1-23-15-10-12(18)8-6-11(15)7-9-16(20)19-14-5-3-2-4-13(14)17(21)22/h2-10H,1H3,(H,19,20)(H,21,22)/b9-7+. The van der Waals surface area contributed by atoms with Crippen molar-refractivity contribution in [2.24, 2.45) is 0 Å². The summed E-state index contributed by atoms with van der Waals surface area (Å²) in [5.41, 5.74) is 0.939. The molecular formula is C17H14ClNO4. The predicted molar refractivity (Wildman–Crippen MR) is 89.1 cm³/mol. The van der Waals surface area contributed by atoms with Gasteiger partial charge >= 0.3 is 5.97 Å². The second kappa shape index (κ2) is 7.47. The molecule has 5 nitrogen and oxygen atoms in total. The highest BCUT2D eigenvalue weighted by molar-refractivity contribution is 6.30. The first-order chi connectivity index (χ1) is 11.0. The Bertz CT molecular complexity index is 771. The van der Waals surface area contributed by atoms with E-state index in [9.17, 15) is 9.59 Å². The lowest BCUT2D eigenvalue weighted by molar-refractivity contribution is -0.111. The Hall–Kier alpha value is -2.79. The predicted octanol–water partition coefficient (Wildman–Crippen LogP) is 3.70. The van der Waals surface area contributed by atoms with Gasteiger partial charge in [0.05, 0.1) is 18.4 Å². The molecule has 23 heavy (non-hydrogen) atoms. The van der Waals surface area contributed by atoms with Crippen LogP contribution in [0.25, 0.3) is 6.08 Å². The number of rotatable bonds is 5. The zero-order valence-corrected chi connectivity index (χ0v) is 13.0. The second-order valence-electron chi connectivity index (χ2n) is 4.56. The quantitative estimate of drug-likeness (QED) is 0.819. The first-order valence-electron chi connectivity index (χ1n) is 6.66. The van der Waals surface area contributed by atoms with Crippen LogP contribution in [-0.4, -0.2) is 24.1 Å². The van der Waals surface area contributed by atoms with Crippen LogP contribution >= 0.6 is 11.6 Å². The van der Waals surface area contributed by atoms with Crippen LogP contribution in [0.2, 0.25) is 5.02 Å². The molecule has 2 N–H and O–H groups in total. The van der Waals surface area contributed by atoms with Gasteiger partial charge in [-0.1, -0.05) is 23.7 Å². The van der Waals surface area contributed by atoms with Crippen molar-refractivity contribution in [2.45, 2.75) is 0 Å². The maximum absolute atomic E-state index is 12.0. The van der Waals surface area contributed by atoms with E-state index in [4.69, 9.17) is 21.4 Å². The van der Waals surface area contributed by atoms with Crippen LogP contribution in [0.3, 0.4) is 0 Å². The van der Waals surface area contributed by atoms with E-state index in [-0.39, 0.29) is 11.3 Å². The van der Waals surface area contributed by atoms with Gasteiger partial charge in [-0.15, -0.1) is 0 Å². The minimum atomic E-state index is -1.11. The molecule has 0 unspecified atom stereocenters. The van der Waals surface area contributed by atoms with Crippen molar-refractivity contribution >= 4 is 35.2 Å². The van der Waals surface area contributed by atoms with E-state index < -0.39 is 11.9 Å². The van der Waals surface area contributed by atoms with Crippen LogP contribution in [0, 0.1) is 0 Å². The van der Waals surface area contributed by atoms with Crippen molar-refractivity contribution in [2.75, 3.05) is 12.4 Å². The SMILES string of the molecule is COc1cc(Cl)ccc1/C=C/C(=O)Nc1ccccc1C(=O)O. The number of methoxy groups -OCH3 is 1. The van der Waals surface area contributed by atoms with E-state index in [2.05, 4.69) is 5.32 Å². The average molecular weight is 332 g/mol. The van der Waals surface area contributed by atoms with Crippen LogP contribution in [0.5, 0.6) is 5.75 Å². The van der Waals surface area contributed by atoms with Gasteiger partial charge in [0.25, 0.3) is 0 Å². The number of carboxylic acids is 1. The van der Waals surface area contributed by atoms with Crippen molar-refractivity contribution in [3.8, 4) is 5.75 Å². The lowest BCUT2D eigenvalue weighted by Crippen LogP contribution is -2.11. The van der Waals surface area contributed by atoms with Gasteiger partial charge in [-0.05, 0) is 36.4 Å². The van der Waals surface area contributed by atoms with E-state index >= 15 is 0 Å². The molecule has 0 saturated carbocycles. The molecule has 118 valence electrons. The number of carbonyl (C=O) groups excluding carboxylic acids is 1. The summed E-state index contributed by atoms with van der Waals surface area (Å²) >= 11 is 5.87. The Morgan fingerprint density at radius 1 is 1.22 bits per heavy atom. The normalized spacial score (nSPS) is 10.5. The number of amides is 1. The Morgan fingerprint density at radius 3 is 2.65 bits per heavy atom. The first kappa shape index (κ1) is 16.6. The van der Waals surface area contributed by atoms with Gasteiger partial charge in [0.2, 0.25) is 5.91 Å². The number of ether oxygens (including phenoxy) is 1. The van der Waals surface area contributed by atoms with Crippen LogP contribution < -0.4 is 10.1 Å². The summed E-state index contributed by atoms with van der Waals surface area (Å²) < 4.78 is 5.18. The minimum absolute atomic E-state index is 0.0262. The number of nitrogens with one attached hydrogen (secondary N) is 1. The van der Waals surface area contributed by atoms with Gasteiger partial charge in [0.15, 0.2) is 0 Å². The molecule has 2 aromatic carbocycles. The molecule has 1 amide bonds. The molecule has 0 saturated heterocycles. The number of anilines is 1. The summed E-state index contributed by atoms with van der Waals surface area (Å²) in [5, 5.41) is 12.1. The van der Waals surface area contributed by atoms with Crippen molar-refractivity contribution in [3.63, 3.8) is 0 Å². The number of aromatic carboxylic acids is 1. The van der Waals surface area contributed by atoms with Crippen LogP contribution in [0.1, 0.15) is 15.9 Å². The summed E-state index contributed by atoms with van der Waals surface area (Å²) in [4.78, 5) is 23.1. The fraction of sp³-hybridized carbons (Fsp3) is 0.0588. The third kappa shape index (κ3) is 4.34. The highest BCUT2D eigenvalue weighted by Crippen LogP contribution is 2.24. The lowest BCUT2D eigenvalue weighted by atomic mass is 10.1. The van der Waals surface area contributed by atoms with Gasteiger partial charge in [0, 0.05) is 16.7 Å². The van der Waals surface area contributed by atoms with Gasteiger partial charge in [-0.25, -0.2) is 4.79 Å². The molecule has 0 fully saturated rings. The summed E-state index contributed by atoms with van der Waals surface area (Å²) in [6.45, 7) is 0. The Labute approximate surface area is 138 Å². The number of hydrogen-bond donors (Lipinski definition) is 2. The van der Waals surface area contributed by atoms with Crippen molar-refractivity contribution in [1.29, 1.82) is 0 Å². The zero-order valence-electron chi connectivity index (χ0n) is 12.2. The average Bonchev–Trinajstić information content (AvgIpc) is 2.53. The molecule has 6 heteroatoms. The topological polar surface area (TPSA) is 75.6 Å². The largest absolute Gasteiger partial charge is 0.496 e. The molecule has 2 aromatic rings. The third-order valence-corrected chi connectivity index (χ3v) is 3.26. The Balaban J connectivity index is 2.16. The first-order valence-corrected chi connectivity index (χ1v) is 7.04. The fourth-order valence-electron chi connectivity index (χ4n) is 1.94.